The Morgan fingerprint density at radius 1 is 0.273 bits per heavy atom. The molecule has 0 aliphatic carbocycles. The third kappa shape index (κ3) is 63.6. The molecule has 0 saturated heterocycles. The van der Waals surface area contributed by atoms with Crippen molar-refractivity contribution in [3.05, 3.63) is 72.9 Å². The zero-order valence-corrected chi connectivity index (χ0v) is 51.2. The van der Waals surface area contributed by atoms with Crippen LogP contribution in [0, 0.1) is 0 Å². The lowest BCUT2D eigenvalue weighted by Gasteiger charge is -2.18. The van der Waals surface area contributed by atoms with Crippen LogP contribution in [0.15, 0.2) is 72.9 Å². The van der Waals surface area contributed by atoms with Crippen LogP contribution < -0.4 is 0 Å². The first-order valence-corrected chi connectivity index (χ1v) is 33.4. The molecule has 0 saturated carbocycles. The van der Waals surface area contributed by atoms with Crippen LogP contribution in [0.1, 0.15) is 342 Å². The fourth-order valence-corrected chi connectivity index (χ4v) is 9.70. The summed E-state index contributed by atoms with van der Waals surface area (Å²) in [6.07, 6.45) is 85.2. The standard InChI is InChI=1S/C71H126O6/c1-4-7-10-13-16-18-20-22-24-26-28-30-32-33-34-35-36-37-39-40-42-44-46-48-50-52-55-58-61-64-70(73)76-67-68(66-75-69(72)63-60-57-54-15-12-9-6-3)77-71(74)65-62-59-56-53-51-49-47-45-43-41-38-31-29-27-25-23-21-19-17-14-11-8-5-2/h8,11,17,19-20,22-23,25-26,28-29,31,68H,4-7,9-10,12-16,18,21,24,27,30,32-67H2,1-3H3/b11-8-,19-17-,22-20-,25-23-,28-26-,31-29-. The van der Waals surface area contributed by atoms with E-state index >= 15 is 0 Å². The van der Waals surface area contributed by atoms with Gasteiger partial charge < -0.3 is 14.2 Å². The van der Waals surface area contributed by atoms with Gasteiger partial charge in [-0.25, -0.2) is 0 Å². The maximum absolute atomic E-state index is 12.9. The van der Waals surface area contributed by atoms with E-state index in [1.807, 2.05) is 0 Å². The average molecular weight is 1080 g/mol. The molecule has 0 aliphatic heterocycles. The highest BCUT2D eigenvalue weighted by atomic mass is 16.6. The monoisotopic (exact) mass is 1070 g/mol. The molecule has 0 aromatic carbocycles. The van der Waals surface area contributed by atoms with E-state index in [1.54, 1.807) is 0 Å². The molecule has 0 N–H and O–H groups in total. The zero-order chi connectivity index (χ0) is 55.7. The number of esters is 3. The Balaban J connectivity index is 4.07. The van der Waals surface area contributed by atoms with E-state index in [0.29, 0.717) is 19.3 Å². The topological polar surface area (TPSA) is 78.9 Å². The van der Waals surface area contributed by atoms with Crippen LogP contribution >= 0.6 is 0 Å². The number of carbonyl (C=O) groups is 3. The van der Waals surface area contributed by atoms with E-state index in [9.17, 15) is 14.4 Å². The molecule has 0 amide bonds. The molecule has 0 bridgehead atoms. The van der Waals surface area contributed by atoms with Crippen LogP contribution in [0.5, 0.6) is 0 Å². The van der Waals surface area contributed by atoms with Gasteiger partial charge in [-0.3, -0.25) is 14.4 Å². The first-order chi connectivity index (χ1) is 38.0. The van der Waals surface area contributed by atoms with Crippen LogP contribution in [-0.4, -0.2) is 37.2 Å². The van der Waals surface area contributed by atoms with Crippen LogP contribution in [-0.2, 0) is 28.6 Å². The second-order valence-corrected chi connectivity index (χ2v) is 22.4. The normalized spacial score (nSPS) is 12.5. The van der Waals surface area contributed by atoms with Gasteiger partial charge in [0.25, 0.3) is 0 Å². The molecule has 0 fully saturated rings. The Kier molecular flexibility index (Phi) is 62.7. The van der Waals surface area contributed by atoms with Crippen molar-refractivity contribution < 1.29 is 28.6 Å². The second kappa shape index (κ2) is 65.4. The first kappa shape index (κ1) is 73.8. The summed E-state index contributed by atoms with van der Waals surface area (Å²) in [4.78, 5) is 38.1. The molecule has 0 aromatic heterocycles. The molecule has 0 rings (SSSR count). The van der Waals surface area contributed by atoms with Gasteiger partial charge >= 0.3 is 17.9 Å². The van der Waals surface area contributed by atoms with E-state index in [4.69, 9.17) is 14.2 Å². The molecular weight excluding hydrogens is 949 g/mol. The molecule has 0 heterocycles. The molecule has 0 spiro atoms. The predicted octanol–water partition coefficient (Wildman–Crippen LogP) is 22.9. The highest BCUT2D eigenvalue weighted by Crippen LogP contribution is 2.17. The van der Waals surface area contributed by atoms with E-state index in [1.165, 1.54) is 212 Å². The van der Waals surface area contributed by atoms with E-state index in [-0.39, 0.29) is 31.1 Å². The van der Waals surface area contributed by atoms with Gasteiger partial charge in [0.15, 0.2) is 6.10 Å². The number of ether oxygens (including phenoxy) is 3. The van der Waals surface area contributed by atoms with Gasteiger partial charge in [-0.1, -0.05) is 306 Å². The maximum atomic E-state index is 12.9. The lowest BCUT2D eigenvalue weighted by molar-refractivity contribution is -0.167. The van der Waals surface area contributed by atoms with Gasteiger partial charge in [0.05, 0.1) is 0 Å². The summed E-state index contributed by atoms with van der Waals surface area (Å²) in [6, 6.07) is 0. The van der Waals surface area contributed by atoms with Crippen molar-refractivity contribution in [2.45, 2.75) is 348 Å². The van der Waals surface area contributed by atoms with Crippen molar-refractivity contribution in [1.29, 1.82) is 0 Å². The fourth-order valence-electron chi connectivity index (χ4n) is 9.70. The second-order valence-electron chi connectivity index (χ2n) is 22.4. The van der Waals surface area contributed by atoms with Crippen LogP contribution in [0.3, 0.4) is 0 Å². The van der Waals surface area contributed by atoms with E-state index in [0.717, 1.165) is 89.9 Å². The molecule has 446 valence electrons. The van der Waals surface area contributed by atoms with Crippen molar-refractivity contribution in [1.82, 2.24) is 0 Å². The van der Waals surface area contributed by atoms with Crippen molar-refractivity contribution in [2.75, 3.05) is 13.2 Å². The average Bonchev–Trinajstić information content (AvgIpc) is 3.43. The lowest BCUT2D eigenvalue weighted by atomic mass is 10.0. The van der Waals surface area contributed by atoms with E-state index in [2.05, 4.69) is 93.7 Å². The van der Waals surface area contributed by atoms with Gasteiger partial charge in [-0.2, -0.15) is 0 Å². The smallest absolute Gasteiger partial charge is 0.306 e. The summed E-state index contributed by atoms with van der Waals surface area (Å²) in [7, 11) is 0. The van der Waals surface area contributed by atoms with Crippen molar-refractivity contribution in [3.8, 4) is 0 Å². The summed E-state index contributed by atoms with van der Waals surface area (Å²) in [5.41, 5.74) is 0. The number of rotatable bonds is 61. The van der Waals surface area contributed by atoms with Gasteiger partial charge in [0.1, 0.15) is 13.2 Å². The van der Waals surface area contributed by atoms with Gasteiger partial charge in [0, 0.05) is 19.3 Å². The predicted molar refractivity (Wildman–Crippen MR) is 335 cm³/mol. The Hall–Kier alpha value is -3.15. The number of allylic oxidation sites excluding steroid dienone is 12. The summed E-state index contributed by atoms with van der Waals surface area (Å²) in [5.74, 6) is -0.869. The Morgan fingerprint density at radius 2 is 0.506 bits per heavy atom. The first-order valence-electron chi connectivity index (χ1n) is 33.4. The molecule has 0 radical (unpaired) electrons. The molecule has 0 aromatic rings. The quantitative estimate of drug-likeness (QED) is 0.0261. The van der Waals surface area contributed by atoms with Gasteiger partial charge in [-0.15, -0.1) is 0 Å². The largest absolute Gasteiger partial charge is 0.462 e. The molecule has 6 nitrogen and oxygen atoms in total. The Labute approximate surface area is 478 Å². The maximum Gasteiger partial charge on any atom is 0.306 e. The minimum Gasteiger partial charge on any atom is -0.462 e. The number of carbonyl (C=O) groups excluding carboxylic acids is 3. The number of unbranched alkanes of at least 4 members (excludes halogenated alkanes) is 38. The molecule has 1 unspecified atom stereocenters. The molecule has 1 atom stereocenters. The lowest BCUT2D eigenvalue weighted by Crippen LogP contribution is -2.30. The van der Waals surface area contributed by atoms with Crippen LogP contribution in [0.25, 0.3) is 0 Å². The zero-order valence-electron chi connectivity index (χ0n) is 51.2. The highest BCUT2D eigenvalue weighted by Gasteiger charge is 2.19. The van der Waals surface area contributed by atoms with Crippen molar-refractivity contribution in [2.24, 2.45) is 0 Å². The number of hydrogen-bond acceptors (Lipinski definition) is 6. The highest BCUT2D eigenvalue weighted by molar-refractivity contribution is 5.71. The van der Waals surface area contributed by atoms with Crippen molar-refractivity contribution >= 4 is 17.9 Å². The van der Waals surface area contributed by atoms with Gasteiger partial charge in [0.2, 0.25) is 0 Å². The molecular formula is C71H126O6. The Morgan fingerprint density at radius 3 is 0.792 bits per heavy atom. The minimum absolute atomic E-state index is 0.0734. The van der Waals surface area contributed by atoms with E-state index < -0.39 is 6.10 Å². The Bertz CT molecular complexity index is 1420. The van der Waals surface area contributed by atoms with Gasteiger partial charge in [-0.05, 0) is 89.9 Å². The third-order valence-corrected chi connectivity index (χ3v) is 14.7. The molecule has 6 heteroatoms. The molecule has 77 heavy (non-hydrogen) atoms. The third-order valence-electron chi connectivity index (χ3n) is 14.7. The summed E-state index contributed by atoms with van der Waals surface area (Å²) >= 11 is 0. The minimum atomic E-state index is -0.774. The number of hydrogen-bond donors (Lipinski definition) is 0. The summed E-state index contributed by atoms with van der Waals surface area (Å²) in [5, 5.41) is 0. The van der Waals surface area contributed by atoms with Crippen molar-refractivity contribution in [3.63, 3.8) is 0 Å². The SMILES string of the molecule is CC/C=C\C/C=C\C/C=C\C/C=C\CCCCCCCCCCCCC(=O)OC(COC(=O)CCCCCCCCC)COC(=O)CCCCCCCCCCCCCCCCCCC/C=C\C/C=C\CCCCCCC. The fraction of sp³-hybridized carbons (Fsp3) is 0.789. The van der Waals surface area contributed by atoms with Crippen LogP contribution in [0.4, 0.5) is 0 Å². The summed E-state index contributed by atoms with van der Waals surface area (Å²) < 4.78 is 16.9. The molecule has 0 aliphatic rings. The summed E-state index contributed by atoms with van der Waals surface area (Å²) in [6.45, 7) is 6.51. The van der Waals surface area contributed by atoms with Crippen LogP contribution in [0.2, 0.25) is 0 Å².